The van der Waals surface area contributed by atoms with Crippen LogP contribution in [0.1, 0.15) is 25.9 Å². The second-order valence-corrected chi connectivity index (χ2v) is 5.50. The average molecular weight is 336 g/mol. The summed E-state index contributed by atoms with van der Waals surface area (Å²) in [7, 11) is 0. The lowest BCUT2D eigenvalue weighted by Crippen LogP contribution is -2.08. The first-order valence-corrected chi connectivity index (χ1v) is 6.25. The molecule has 17 heavy (non-hydrogen) atoms. The summed E-state index contributed by atoms with van der Waals surface area (Å²) in [4.78, 5) is 29.3. The fourth-order valence-corrected chi connectivity index (χ4v) is 2.85. The summed E-state index contributed by atoms with van der Waals surface area (Å²) in [6.07, 6.45) is 1.17. The molecule has 0 saturated carbocycles. The monoisotopic (exact) mass is 334 g/mol. The van der Waals surface area contributed by atoms with E-state index in [0.29, 0.717) is 13.7 Å². The molecule has 0 spiro atoms. The third-order valence-corrected chi connectivity index (χ3v) is 4.41. The number of hydrogen-bond acceptors (Lipinski definition) is 4. The van der Waals surface area contributed by atoms with Crippen molar-refractivity contribution in [3.05, 3.63) is 37.5 Å². The van der Waals surface area contributed by atoms with Gasteiger partial charge < -0.3 is 10.1 Å². The highest BCUT2D eigenvalue weighted by Gasteiger charge is 2.23. The van der Waals surface area contributed by atoms with Crippen LogP contribution in [0.15, 0.2) is 16.9 Å². The summed E-state index contributed by atoms with van der Waals surface area (Å²) in [6.45, 7) is 0. The van der Waals surface area contributed by atoms with Gasteiger partial charge in [0.1, 0.15) is 10.0 Å². The third kappa shape index (κ3) is 2.26. The smallest absolute Gasteiger partial charge is 0.354 e. The van der Waals surface area contributed by atoms with Crippen LogP contribution in [0.25, 0.3) is 0 Å². The van der Waals surface area contributed by atoms with Crippen molar-refractivity contribution in [3.8, 4) is 0 Å². The Labute approximate surface area is 113 Å². The molecule has 2 aromatic heterocycles. The molecule has 0 aliphatic rings. The fraction of sp³-hybridized carbons (Fsp3) is 0. The van der Waals surface area contributed by atoms with Gasteiger partial charge in [-0.2, -0.15) is 0 Å². The Kier molecular flexibility index (Phi) is 3.32. The number of nitrogens with one attached hydrogen (secondary N) is 1. The van der Waals surface area contributed by atoms with Gasteiger partial charge in [-0.1, -0.05) is 11.6 Å². The third-order valence-electron chi connectivity index (χ3n) is 1.94. The summed E-state index contributed by atoms with van der Waals surface area (Å²) in [5.74, 6) is -1.70. The van der Waals surface area contributed by atoms with Crippen molar-refractivity contribution in [2.45, 2.75) is 0 Å². The van der Waals surface area contributed by atoms with Crippen LogP contribution in [0.4, 0.5) is 0 Å². The van der Waals surface area contributed by atoms with E-state index in [9.17, 15) is 9.59 Å². The lowest BCUT2D eigenvalue weighted by Gasteiger charge is -1.94. The molecule has 0 aliphatic heterocycles. The molecule has 0 fully saturated rings. The zero-order chi connectivity index (χ0) is 12.6. The van der Waals surface area contributed by atoms with Crippen LogP contribution in [-0.2, 0) is 0 Å². The number of thiophene rings is 1. The molecule has 0 atom stereocenters. The van der Waals surface area contributed by atoms with Crippen LogP contribution in [-0.4, -0.2) is 26.8 Å². The van der Waals surface area contributed by atoms with E-state index in [2.05, 4.69) is 25.9 Å². The van der Waals surface area contributed by atoms with Crippen molar-refractivity contribution < 1.29 is 14.7 Å². The molecule has 2 N–H and O–H groups in total. The number of hydrogen-bond donors (Lipinski definition) is 2. The Balaban J connectivity index is 2.44. The van der Waals surface area contributed by atoms with Crippen molar-refractivity contribution in [3.63, 3.8) is 0 Å². The first-order valence-electron chi connectivity index (χ1n) is 4.27. The maximum Gasteiger partial charge on any atom is 0.354 e. The first kappa shape index (κ1) is 12.3. The summed E-state index contributed by atoms with van der Waals surface area (Å²) in [5, 5.41) is 8.85. The van der Waals surface area contributed by atoms with Gasteiger partial charge in [0.05, 0.1) is 11.2 Å². The molecular weight excluding hydrogens is 332 g/mol. The number of carboxylic acids is 1. The lowest BCUT2D eigenvalue weighted by atomic mass is 10.2. The van der Waals surface area contributed by atoms with Gasteiger partial charge in [0.15, 0.2) is 5.69 Å². The number of H-pyrrole nitrogens is 1. The minimum absolute atomic E-state index is 0.122. The van der Waals surface area contributed by atoms with E-state index in [-0.39, 0.29) is 11.4 Å². The Morgan fingerprint density at radius 2 is 2.24 bits per heavy atom. The second-order valence-electron chi connectivity index (χ2n) is 2.99. The Morgan fingerprint density at radius 3 is 2.76 bits per heavy atom. The molecule has 0 unspecified atom stereocenters. The van der Waals surface area contributed by atoms with Crippen molar-refractivity contribution in [1.82, 2.24) is 9.97 Å². The van der Waals surface area contributed by atoms with Crippen LogP contribution >= 0.6 is 38.9 Å². The molecule has 0 radical (unpaired) electrons. The van der Waals surface area contributed by atoms with E-state index in [4.69, 9.17) is 16.7 Å². The molecule has 0 aromatic carbocycles. The molecule has 0 saturated heterocycles. The number of ketones is 1. The van der Waals surface area contributed by atoms with Crippen LogP contribution < -0.4 is 0 Å². The first-order chi connectivity index (χ1) is 8.00. The van der Waals surface area contributed by atoms with Gasteiger partial charge in [-0.05, 0) is 22.0 Å². The second kappa shape index (κ2) is 4.59. The predicted octanol–water partition coefficient (Wildman–Crippen LogP) is 2.82. The number of imidazole rings is 1. The largest absolute Gasteiger partial charge is 0.477 e. The molecule has 2 rings (SSSR count). The molecule has 8 heteroatoms. The number of carbonyl (C=O) groups excluding carboxylic acids is 1. The number of nitrogens with zero attached hydrogens (tertiary/aromatic N) is 1. The number of aromatic amines is 1. The van der Waals surface area contributed by atoms with Gasteiger partial charge in [-0.3, -0.25) is 4.79 Å². The molecule has 88 valence electrons. The SMILES string of the molecule is O=C(c1cc(Br)c(Cl)s1)c1nc[nH]c1C(=O)O. The summed E-state index contributed by atoms with van der Waals surface area (Å²) in [6, 6.07) is 1.54. The molecule has 0 aliphatic carbocycles. The highest BCUT2D eigenvalue weighted by Crippen LogP contribution is 2.33. The summed E-state index contributed by atoms with van der Waals surface area (Å²) >= 11 is 10.1. The lowest BCUT2D eigenvalue weighted by molar-refractivity contribution is 0.0687. The van der Waals surface area contributed by atoms with E-state index in [0.717, 1.165) is 11.3 Å². The maximum absolute atomic E-state index is 12.0. The van der Waals surface area contributed by atoms with Crippen molar-refractivity contribution in [2.75, 3.05) is 0 Å². The van der Waals surface area contributed by atoms with E-state index < -0.39 is 11.8 Å². The van der Waals surface area contributed by atoms with Gasteiger partial charge >= 0.3 is 5.97 Å². The number of rotatable bonds is 3. The number of halogens is 2. The molecule has 5 nitrogen and oxygen atoms in total. The maximum atomic E-state index is 12.0. The molecule has 2 aromatic rings. The van der Waals surface area contributed by atoms with E-state index >= 15 is 0 Å². The van der Waals surface area contributed by atoms with Crippen LogP contribution in [0.3, 0.4) is 0 Å². The van der Waals surface area contributed by atoms with Crippen LogP contribution in [0.5, 0.6) is 0 Å². The quantitative estimate of drug-likeness (QED) is 0.845. The van der Waals surface area contributed by atoms with Gasteiger partial charge in [-0.15, -0.1) is 11.3 Å². The molecule has 2 heterocycles. The number of aromatic nitrogens is 2. The van der Waals surface area contributed by atoms with Crippen molar-refractivity contribution in [2.24, 2.45) is 0 Å². The van der Waals surface area contributed by atoms with E-state index in [1.165, 1.54) is 12.4 Å². The number of carboxylic acid groups (broad SMARTS) is 1. The normalized spacial score (nSPS) is 10.5. The van der Waals surface area contributed by atoms with Crippen molar-refractivity contribution in [1.29, 1.82) is 0 Å². The van der Waals surface area contributed by atoms with Crippen molar-refractivity contribution >= 4 is 50.6 Å². The standard InChI is InChI=1S/C9H4BrClN2O3S/c10-3-1-4(17-8(3)11)7(14)5-6(9(15)16)13-2-12-5/h1-2H,(H,12,13)(H,15,16). The topological polar surface area (TPSA) is 83.0 Å². The van der Waals surface area contributed by atoms with Crippen LogP contribution in [0, 0.1) is 0 Å². The van der Waals surface area contributed by atoms with Gasteiger partial charge in [0.2, 0.25) is 5.78 Å². The fourth-order valence-electron chi connectivity index (χ4n) is 1.20. The Morgan fingerprint density at radius 1 is 1.53 bits per heavy atom. The minimum atomic E-state index is -1.23. The zero-order valence-corrected chi connectivity index (χ0v) is 11.2. The van der Waals surface area contributed by atoms with E-state index in [1.54, 1.807) is 0 Å². The molecule has 0 amide bonds. The number of carbonyl (C=O) groups is 2. The number of aromatic carboxylic acids is 1. The highest BCUT2D eigenvalue weighted by atomic mass is 79.9. The Bertz CT molecular complexity index is 588. The Hall–Kier alpha value is -1.18. The average Bonchev–Trinajstić information content (AvgIpc) is 2.85. The van der Waals surface area contributed by atoms with Gasteiger partial charge in [0.25, 0.3) is 0 Å². The summed E-state index contributed by atoms with van der Waals surface area (Å²) < 4.78 is 1.03. The summed E-state index contributed by atoms with van der Waals surface area (Å²) in [5.41, 5.74) is -0.349. The van der Waals surface area contributed by atoms with Gasteiger partial charge in [-0.25, -0.2) is 9.78 Å². The molecule has 0 bridgehead atoms. The highest BCUT2D eigenvalue weighted by molar-refractivity contribution is 9.10. The predicted molar refractivity (Wildman–Crippen MR) is 66.0 cm³/mol. The molecular formula is C9H4BrClN2O3S. The minimum Gasteiger partial charge on any atom is -0.477 e. The van der Waals surface area contributed by atoms with Gasteiger partial charge in [0, 0.05) is 4.47 Å². The van der Waals surface area contributed by atoms with E-state index in [1.807, 2.05) is 0 Å². The zero-order valence-electron chi connectivity index (χ0n) is 8.03. The van der Waals surface area contributed by atoms with Crippen LogP contribution in [0.2, 0.25) is 4.34 Å².